The molecule has 76 valence electrons. The Bertz CT molecular complexity index is 369. The van der Waals surface area contributed by atoms with E-state index < -0.39 is 11.6 Å². The minimum Gasteiger partial charge on any atom is -0.478 e. The second-order valence-electron chi connectivity index (χ2n) is 3.47. The summed E-state index contributed by atoms with van der Waals surface area (Å²) in [4.78, 5) is 10.6. The van der Waals surface area contributed by atoms with E-state index in [0.29, 0.717) is 10.0 Å². The molecule has 0 aliphatic rings. The van der Waals surface area contributed by atoms with E-state index >= 15 is 0 Å². The van der Waals surface area contributed by atoms with Crippen LogP contribution in [0.5, 0.6) is 0 Å². The van der Waals surface area contributed by atoms with Crippen LogP contribution in [0.15, 0.2) is 22.7 Å². The second kappa shape index (κ2) is 3.69. The van der Waals surface area contributed by atoms with Crippen molar-refractivity contribution in [2.24, 2.45) is 0 Å². The molecule has 0 aromatic heterocycles. The molecule has 0 fully saturated rings. The highest BCUT2D eigenvalue weighted by Gasteiger charge is 2.22. The fourth-order valence-corrected chi connectivity index (χ4v) is 1.98. The van der Waals surface area contributed by atoms with Crippen LogP contribution in [0.2, 0.25) is 0 Å². The highest BCUT2D eigenvalue weighted by Crippen LogP contribution is 2.31. The zero-order chi connectivity index (χ0) is 10.9. The minimum atomic E-state index is -1.48. The van der Waals surface area contributed by atoms with Crippen molar-refractivity contribution in [2.75, 3.05) is 0 Å². The van der Waals surface area contributed by atoms with Gasteiger partial charge in [-0.05, 0) is 26.0 Å². The van der Waals surface area contributed by atoms with Crippen LogP contribution < -0.4 is 0 Å². The number of rotatable bonds is 2. The summed E-state index contributed by atoms with van der Waals surface area (Å²) in [6.45, 7) is 2.85. The summed E-state index contributed by atoms with van der Waals surface area (Å²) in [5.41, 5.74) is -0.886. The molecule has 0 bridgehead atoms. The third kappa shape index (κ3) is 2.32. The molecule has 0 aliphatic heterocycles. The minimum absolute atomic E-state index is 0.143. The predicted octanol–water partition coefficient (Wildman–Crippen LogP) is 3.35. The Morgan fingerprint density at radius 3 is 2.43 bits per heavy atom. The number of carbonyl (C=O) groups is 1. The first-order valence-corrected chi connectivity index (χ1v) is 4.84. The molecule has 0 radical (unpaired) electrons. The highest BCUT2D eigenvalue weighted by molar-refractivity contribution is 9.10. The van der Waals surface area contributed by atoms with Crippen molar-refractivity contribution in [2.45, 2.75) is 19.5 Å². The summed E-state index contributed by atoms with van der Waals surface area (Å²) in [6, 6.07) is 4.27. The number of hydrogen-bond donors (Lipinski definition) is 1. The monoisotopic (exact) mass is 260 g/mol. The van der Waals surface area contributed by atoms with Gasteiger partial charge in [0.05, 0.1) is 5.56 Å². The lowest BCUT2D eigenvalue weighted by Crippen LogP contribution is -2.10. The number of alkyl halides is 1. The molecule has 1 aromatic rings. The third-order valence-corrected chi connectivity index (χ3v) is 2.51. The Morgan fingerprint density at radius 2 is 2.07 bits per heavy atom. The zero-order valence-corrected chi connectivity index (χ0v) is 9.43. The molecule has 0 aliphatic carbocycles. The summed E-state index contributed by atoms with van der Waals surface area (Å²) in [7, 11) is 0. The number of aromatic carboxylic acids is 1. The zero-order valence-electron chi connectivity index (χ0n) is 7.84. The van der Waals surface area contributed by atoms with Crippen LogP contribution in [-0.2, 0) is 5.67 Å². The number of carboxylic acid groups (broad SMARTS) is 1. The van der Waals surface area contributed by atoms with Crippen LogP contribution in [0.25, 0.3) is 0 Å². The van der Waals surface area contributed by atoms with Gasteiger partial charge in [0.2, 0.25) is 0 Å². The summed E-state index contributed by atoms with van der Waals surface area (Å²) in [5, 5.41) is 8.69. The van der Waals surface area contributed by atoms with Crippen LogP contribution >= 0.6 is 15.9 Å². The molecule has 14 heavy (non-hydrogen) atoms. The number of hydrogen-bond acceptors (Lipinski definition) is 1. The van der Waals surface area contributed by atoms with E-state index in [-0.39, 0.29) is 5.56 Å². The van der Waals surface area contributed by atoms with Crippen molar-refractivity contribution < 1.29 is 14.3 Å². The Morgan fingerprint density at radius 1 is 1.50 bits per heavy atom. The maximum absolute atomic E-state index is 13.5. The Balaban J connectivity index is 3.21. The van der Waals surface area contributed by atoms with E-state index in [4.69, 9.17) is 5.11 Å². The normalized spacial score (nSPS) is 11.4. The molecule has 0 spiro atoms. The fourth-order valence-electron chi connectivity index (χ4n) is 1.13. The van der Waals surface area contributed by atoms with Gasteiger partial charge >= 0.3 is 5.97 Å². The largest absolute Gasteiger partial charge is 0.478 e. The maximum atomic E-state index is 13.5. The standard InChI is InChI=1S/C10H10BrFO2/c1-10(2,12)7-4-3-6(9(13)14)5-8(7)11/h3-5H,1-2H3,(H,13,14). The smallest absolute Gasteiger partial charge is 0.335 e. The van der Waals surface area contributed by atoms with Crippen LogP contribution in [0.1, 0.15) is 29.8 Å². The van der Waals surface area contributed by atoms with Crippen molar-refractivity contribution in [1.29, 1.82) is 0 Å². The lowest BCUT2D eigenvalue weighted by atomic mass is 9.99. The maximum Gasteiger partial charge on any atom is 0.335 e. The molecular weight excluding hydrogens is 251 g/mol. The summed E-state index contributed by atoms with van der Waals surface area (Å²) < 4.78 is 14.0. The molecule has 0 amide bonds. The Kier molecular flexibility index (Phi) is 2.95. The molecule has 1 N–H and O–H groups in total. The van der Waals surface area contributed by atoms with Gasteiger partial charge in [-0.1, -0.05) is 22.0 Å². The van der Waals surface area contributed by atoms with Gasteiger partial charge in [0.15, 0.2) is 0 Å². The van der Waals surface area contributed by atoms with Crippen molar-refractivity contribution in [3.05, 3.63) is 33.8 Å². The molecule has 0 heterocycles. The summed E-state index contributed by atoms with van der Waals surface area (Å²) >= 11 is 3.15. The molecule has 1 rings (SSSR count). The number of benzene rings is 1. The number of halogens is 2. The molecular formula is C10H10BrFO2. The Hall–Kier alpha value is -0.900. The lowest BCUT2D eigenvalue weighted by Gasteiger charge is -2.16. The van der Waals surface area contributed by atoms with Crippen LogP contribution in [0, 0.1) is 0 Å². The van der Waals surface area contributed by atoms with Crippen LogP contribution in [0.3, 0.4) is 0 Å². The van der Waals surface area contributed by atoms with E-state index in [9.17, 15) is 9.18 Å². The van der Waals surface area contributed by atoms with E-state index in [2.05, 4.69) is 15.9 Å². The molecule has 2 nitrogen and oxygen atoms in total. The van der Waals surface area contributed by atoms with Gasteiger partial charge < -0.3 is 5.11 Å². The second-order valence-corrected chi connectivity index (χ2v) is 4.33. The first-order valence-electron chi connectivity index (χ1n) is 4.04. The van der Waals surface area contributed by atoms with Crippen molar-refractivity contribution in [1.82, 2.24) is 0 Å². The molecule has 0 atom stereocenters. The van der Waals surface area contributed by atoms with Crippen molar-refractivity contribution in [3.8, 4) is 0 Å². The quantitative estimate of drug-likeness (QED) is 0.886. The SMILES string of the molecule is CC(C)(F)c1ccc(C(=O)O)cc1Br. The number of carboxylic acids is 1. The lowest BCUT2D eigenvalue weighted by molar-refractivity contribution is 0.0696. The van der Waals surface area contributed by atoms with Gasteiger partial charge in [-0.25, -0.2) is 9.18 Å². The van der Waals surface area contributed by atoms with Gasteiger partial charge in [0.1, 0.15) is 5.67 Å². The van der Waals surface area contributed by atoms with Crippen LogP contribution in [-0.4, -0.2) is 11.1 Å². The van der Waals surface area contributed by atoms with E-state index in [1.165, 1.54) is 32.0 Å². The highest BCUT2D eigenvalue weighted by atomic mass is 79.9. The average Bonchev–Trinajstić information content (AvgIpc) is 2.01. The van der Waals surface area contributed by atoms with Gasteiger partial charge in [-0.2, -0.15) is 0 Å². The van der Waals surface area contributed by atoms with Crippen molar-refractivity contribution in [3.63, 3.8) is 0 Å². The van der Waals surface area contributed by atoms with Crippen LogP contribution in [0.4, 0.5) is 4.39 Å². The molecule has 4 heteroatoms. The summed E-state index contributed by atoms with van der Waals surface area (Å²) in [5.74, 6) is -1.02. The van der Waals surface area contributed by atoms with Gasteiger partial charge in [-0.15, -0.1) is 0 Å². The summed E-state index contributed by atoms with van der Waals surface area (Å²) in [6.07, 6.45) is 0. The average molecular weight is 261 g/mol. The molecule has 0 saturated heterocycles. The predicted molar refractivity (Wildman–Crippen MR) is 55.2 cm³/mol. The third-order valence-electron chi connectivity index (χ3n) is 1.86. The van der Waals surface area contributed by atoms with E-state index in [1.54, 1.807) is 0 Å². The Labute approximate surface area is 89.9 Å². The first-order chi connectivity index (χ1) is 6.32. The molecule has 0 saturated carbocycles. The van der Waals surface area contributed by atoms with Gasteiger partial charge in [-0.3, -0.25) is 0 Å². The first kappa shape index (κ1) is 11.2. The molecule has 0 unspecified atom stereocenters. The molecule has 1 aromatic carbocycles. The van der Waals surface area contributed by atoms with Crippen molar-refractivity contribution >= 4 is 21.9 Å². The van der Waals surface area contributed by atoms with Gasteiger partial charge in [0.25, 0.3) is 0 Å². The topological polar surface area (TPSA) is 37.3 Å². The van der Waals surface area contributed by atoms with E-state index in [1.807, 2.05) is 0 Å². The fraction of sp³-hybridized carbons (Fsp3) is 0.300. The van der Waals surface area contributed by atoms with Gasteiger partial charge in [0, 0.05) is 10.0 Å². The van der Waals surface area contributed by atoms with E-state index in [0.717, 1.165) is 0 Å².